The first-order valence-electron chi connectivity index (χ1n) is 3.45. The number of benzene rings is 1. The van der Waals surface area contributed by atoms with Crippen LogP contribution in [0.1, 0.15) is 0 Å². The topological polar surface area (TPSA) is 25.8 Å². The minimum Gasteiger partial charge on any atom is -0.149 e. The molecule has 1 aromatic carbocycles. The van der Waals surface area contributed by atoms with Gasteiger partial charge in [-0.2, -0.15) is 0 Å². The molecule has 1 heterocycles. The normalized spacial score (nSPS) is 10.7. The molecule has 0 radical (unpaired) electrons. The van der Waals surface area contributed by atoms with Crippen molar-refractivity contribution in [1.82, 2.24) is 10.2 Å². The van der Waals surface area contributed by atoms with Crippen molar-refractivity contribution in [2.45, 2.75) is 0 Å². The second-order valence-electron chi connectivity index (χ2n) is 2.47. The predicted octanol–water partition coefficient (Wildman–Crippen LogP) is 3.59. The Bertz CT molecular complexity index is 470. The quantitative estimate of drug-likeness (QED) is 0.695. The zero-order chi connectivity index (χ0) is 9.42. The molecule has 0 aliphatic rings. The van der Waals surface area contributed by atoms with E-state index in [4.69, 9.17) is 34.8 Å². The van der Waals surface area contributed by atoms with Crippen molar-refractivity contribution in [2.24, 2.45) is 0 Å². The summed E-state index contributed by atoms with van der Waals surface area (Å²) in [6.07, 6.45) is 0. The molecule has 0 atom stereocenters. The van der Waals surface area contributed by atoms with Crippen molar-refractivity contribution in [3.05, 3.63) is 33.4 Å². The van der Waals surface area contributed by atoms with Crippen LogP contribution in [0.4, 0.5) is 0 Å². The molecule has 66 valence electrons. The van der Waals surface area contributed by atoms with Gasteiger partial charge in [-0.05, 0) is 18.2 Å². The summed E-state index contributed by atoms with van der Waals surface area (Å²) in [4.78, 5) is 0. The van der Waals surface area contributed by atoms with Gasteiger partial charge >= 0.3 is 0 Å². The van der Waals surface area contributed by atoms with E-state index in [9.17, 15) is 0 Å². The van der Waals surface area contributed by atoms with Crippen LogP contribution in [0.2, 0.25) is 15.2 Å². The summed E-state index contributed by atoms with van der Waals surface area (Å²) >= 11 is 17.4. The van der Waals surface area contributed by atoms with E-state index >= 15 is 0 Å². The Kier molecular flexibility index (Phi) is 2.28. The highest BCUT2D eigenvalue weighted by atomic mass is 35.5. The van der Waals surface area contributed by atoms with E-state index in [1.807, 2.05) is 0 Å². The van der Waals surface area contributed by atoms with E-state index < -0.39 is 0 Å². The molecule has 2 nitrogen and oxygen atoms in total. The lowest BCUT2D eigenvalue weighted by Crippen LogP contribution is -1.86. The number of halogens is 3. The number of rotatable bonds is 0. The Hall–Kier alpha value is -0.570. The van der Waals surface area contributed by atoms with Gasteiger partial charge in [0.1, 0.15) is 0 Å². The van der Waals surface area contributed by atoms with Crippen LogP contribution in [0.3, 0.4) is 0 Å². The lowest BCUT2D eigenvalue weighted by atomic mass is 10.2. The van der Waals surface area contributed by atoms with Crippen LogP contribution < -0.4 is 0 Å². The number of hydrogen-bond acceptors (Lipinski definition) is 2. The smallest absolute Gasteiger partial charge is 0.149 e. The molecule has 13 heavy (non-hydrogen) atoms. The second-order valence-corrected chi connectivity index (χ2v) is 3.64. The van der Waals surface area contributed by atoms with E-state index in [1.165, 1.54) is 0 Å². The Balaban J connectivity index is 2.87. The van der Waals surface area contributed by atoms with Crippen LogP contribution in [-0.2, 0) is 0 Å². The van der Waals surface area contributed by atoms with Crippen LogP contribution in [0.15, 0.2) is 18.2 Å². The van der Waals surface area contributed by atoms with Crippen LogP contribution >= 0.6 is 34.8 Å². The molecule has 0 aliphatic heterocycles. The molecule has 2 aromatic rings. The fourth-order valence-corrected chi connectivity index (χ4v) is 1.53. The van der Waals surface area contributed by atoms with Gasteiger partial charge in [-0.3, -0.25) is 0 Å². The zero-order valence-corrected chi connectivity index (χ0v) is 8.53. The summed E-state index contributed by atoms with van der Waals surface area (Å²) in [7, 11) is 0. The molecule has 0 N–H and O–H groups in total. The predicted molar refractivity (Wildman–Crippen MR) is 54.6 cm³/mol. The van der Waals surface area contributed by atoms with Crippen molar-refractivity contribution >= 4 is 45.7 Å². The van der Waals surface area contributed by atoms with Gasteiger partial charge in [0.15, 0.2) is 5.15 Å². The number of fused-ring (bicyclic) bond motifs is 1. The van der Waals surface area contributed by atoms with E-state index in [1.54, 1.807) is 18.2 Å². The van der Waals surface area contributed by atoms with E-state index in [0.717, 1.165) is 5.39 Å². The van der Waals surface area contributed by atoms with Gasteiger partial charge in [0.25, 0.3) is 0 Å². The first kappa shape index (κ1) is 9.00. The Morgan fingerprint density at radius 2 is 1.77 bits per heavy atom. The molecule has 0 unspecified atom stereocenters. The summed E-state index contributed by atoms with van der Waals surface area (Å²) in [5.41, 5.74) is 0.641. The summed E-state index contributed by atoms with van der Waals surface area (Å²) in [6, 6.07) is 5.18. The maximum Gasteiger partial charge on any atom is 0.170 e. The van der Waals surface area contributed by atoms with Gasteiger partial charge in [0, 0.05) is 10.4 Å². The standard InChI is InChI=1S/C8H3Cl3N2/c9-4-1-2-5-6(3-4)12-13-8(11)7(5)10/h1-3H. The average Bonchev–Trinajstić information content (AvgIpc) is 2.12. The van der Waals surface area contributed by atoms with Gasteiger partial charge in [0.05, 0.1) is 10.5 Å². The van der Waals surface area contributed by atoms with Crippen LogP contribution in [0, 0.1) is 0 Å². The maximum atomic E-state index is 5.90. The molecule has 0 saturated heterocycles. The lowest BCUT2D eigenvalue weighted by molar-refractivity contribution is 1.08. The minimum absolute atomic E-state index is 0.205. The molecule has 0 fully saturated rings. The van der Waals surface area contributed by atoms with E-state index in [0.29, 0.717) is 15.6 Å². The Morgan fingerprint density at radius 3 is 2.54 bits per heavy atom. The fraction of sp³-hybridized carbons (Fsp3) is 0. The zero-order valence-electron chi connectivity index (χ0n) is 6.26. The molecule has 0 bridgehead atoms. The molecule has 0 aliphatic carbocycles. The third kappa shape index (κ3) is 1.57. The first-order valence-corrected chi connectivity index (χ1v) is 4.59. The molecule has 1 aromatic heterocycles. The highest BCUT2D eigenvalue weighted by Gasteiger charge is 2.06. The SMILES string of the molecule is Clc1ccc2c(Cl)c(Cl)nnc2c1. The van der Waals surface area contributed by atoms with Gasteiger partial charge in [0.2, 0.25) is 0 Å². The fourth-order valence-electron chi connectivity index (χ4n) is 1.03. The largest absolute Gasteiger partial charge is 0.170 e. The highest BCUT2D eigenvalue weighted by molar-refractivity contribution is 6.44. The first-order chi connectivity index (χ1) is 6.18. The van der Waals surface area contributed by atoms with Crippen molar-refractivity contribution in [2.75, 3.05) is 0 Å². The van der Waals surface area contributed by atoms with Crippen LogP contribution in [0.25, 0.3) is 10.9 Å². The van der Waals surface area contributed by atoms with Gasteiger partial charge in [-0.1, -0.05) is 34.8 Å². The van der Waals surface area contributed by atoms with Crippen LogP contribution in [0.5, 0.6) is 0 Å². The third-order valence-corrected chi connectivity index (χ3v) is 2.60. The lowest BCUT2D eigenvalue weighted by Gasteiger charge is -1.99. The highest BCUT2D eigenvalue weighted by Crippen LogP contribution is 2.28. The number of nitrogens with zero attached hydrogens (tertiary/aromatic N) is 2. The third-order valence-electron chi connectivity index (χ3n) is 1.62. The second kappa shape index (κ2) is 3.29. The molecule has 0 amide bonds. The van der Waals surface area contributed by atoms with Crippen molar-refractivity contribution in [3.63, 3.8) is 0 Å². The molecule has 5 heteroatoms. The van der Waals surface area contributed by atoms with Gasteiger partial charge in [-0.25, -0.2) is 0 Å². The monoisotopic (exact) mass is 232 g/mol. The number of hydrogen-bond donors (Lipinski definition) is 0. The Labute approximate surface area is 89.4 Å². The van der Waals surface area contributed by atoms with Crippen molar-refractivity contribution < 1.29 is 0 Å². The summed E-state index contributed by atoms with van der Waals surface area (Å²) in [5.74, 6) is 0. The Morgan fingerprint density at radius 1 is 1.00 bits per heavy atom. The van der Waals surface area contributed by atoms with Crippen molar-refractivity contribution in [3.8, 4) is 0 Å². The number of aromatic nitrogens is 2. The average molecular weight is 233 g/mol. The summed E-state index contributed by atoms with van der Waals surface area (Å²) < 4.78 is 0. The summed E-state index contributed by atoms with van der Waals surface area (Å²) in [6.45, 7) is 0. The maximum absolute atomic E-state index is 5.90. The van der Waals surface area contributed by atoms with Gasteiger partial charge < -0.3 is 0 Å². The molecule has 0 spiro atoms. The molecular weight excluding hydrogens is 230 g/mol. The molecule has 2 rings (SSSR count). The van der Waals surface area contributed by atoms with Crippen LogP contribution in [-0.4, -0.2) is 10.2 Å². The van der Waals surface area contributed by atoms with E-state index in [2.05, 4.69) is 10.2 Å². The van der Waals surface area contributed by atoms with E-state index in [-0.39, 0.29) is 5.15 Å². The van der Waals surface area contributed by atoms with Gasteiger partial charge in [-0.15, -0.1) is 10.2 Å². The molecular formula is C8H3Cl3N2. The molecule has 0 saturated carbocycles. The van der Waals surface area contributed by atoms with Crippen molar-refractivity contribution in [1.29, 1.82) is 0 Å². The minimum atomic E-state index is 0.205. The summed E-state index contributed by atoms with van der Waals surface area (Å²) in [5, 5.41) is 9.49.